The van der Waals surface area contributed by atoms with Crippen LogP contribution in [0.25, 0.3) is 0 Å². The summed E-state index contributed by atoms with van der Waals surface area (Å²) < 4.78 is 10.7. The number of anilines is 1. The third-order valence-corrected chi connectivity index (χ3v) is 4.91. The average Bonchev–Trinajstić information content (AvgIpc) is 2.51. The molecule has 1 aromatic rings. The van der Waals surface area contributed by atoms with Crippen LogP contribution in [0.3, 0.4) is 0 Å². The van der Waals surface area contributed by atoms with Crippen molar-refractivity contribution in [2.75, 3.05) is 32.6 Å². The number of benzene rings is 1. The third-order valence-electron chi connectivity index (χ3n) is 4.58. The van der Waals surface area contributed by atoms with Gasteiger partial charge < -0.3 is 20.5 Å². The predicted molar refractivity (Wildman–Crippen MR) is 99.4 cm³/mol. The van der Waals surface area contributed by atoms with Gasteiger partial charge in [0.15, 0.2) is 0 Å². The lowest BCUT2D eigenvalue weighted by atomic mass is 9.66. The van der Waals surface area contributed by atoms with Crippen LogP contribution in [0.1, 0.15) is 43.0 Å². The Bertz CT molecular complexity index is 563. The zero-order valence-corrected chi connectivity index (χ0v) is 15.8. The van der Waals surface area contributed by atoms with Gasteiger partial charge in [0.25, 0.3) is 5.91 Å². The number of carbonyl (C=O) groups is 1. The van der Waals surface area contributed by atoms with Crippen LogP contribution < -0.4 is 15.8 Å². The van der Waals surface area contributed by atoms with E-state index in [0.717, 1.165) is 32.5 Å². The summed E-state index contributed by atoms with van der Waals surface area (Å²) in [6.45, 7) is 4.10. The van der Waals surface area contributed by atoms with Gasteiger partial charge in [0.2, 0.25) is 0 Å². The minimum Gasteiger partial charge on any atom is -0.496 e. The number of hydrogen-bond donors (Lipinski definition) is 2. The van der Waals surface area contributed by atoms with E-state index in [4.69, 9.17) is 26.8 Å². The molecule has 0 heterocycles. The SMILES string of the molecule is CCOCCC1(CNC(=O)c2cc(Cl)c(N)cc2OC)CCC1.Cl. The Balaban J connectivity index is 0.00000288. The Morgan fingerprint density at radius 2 is 2.12 bits per heavy atom. The molecule has 0 aliphatic heterocycles. The van der Waals surface area contributed by atoms with Crippen LogP contribution in [-0.4, -0.2) is 32.8 Å². The Kier molecular flexibility index (Phi) is 8.13. The number of nitrogen functional groups attached to an aromatic ring is 1. The highest BCUT2D eigenvalue weighted by molar-refractivity contribution is 6.33. The number of hydrogen-bond acceptors (Lipinski definition) is 4. The molecule has 1 fully saturated rings. The maximum absolute atomic E-state index is 12.5. The van der Waals surface area contributed by atoms with Crippen molar-refractivity contribution in [3.63, 3.8) is 0 Å². The molecular weight excluding hydrogens is 351 g/mol. The number of methoxy groups -OCH3 is 1. The van der Waals surface area contributed by atoms with Crippen molar-refractivity contribution < 1.29 is 14.3 Å². The number of nitrogens with two attached hydrogens (primary N) is 1. The molecule has 0 atom stereocenters. The molecule has 3 N–H and O–H groups in total. The molecule has 1 aliphatic carbocycles. The number of ether oxygens (including phenoxy) is 2. The molecule has 5 nitrogen and oxygen atoms in total. The van der Waals surface area contributed by atoms with Crippen molar-refractivity contribution in [3.05, 3.63) is 22.7 Å². The van der Waals surface area contributed by atoms with Gasteiger partial charge >= 0.3 is 0 Å². The van der Waals surface area contributed by atoms with Crippen LogP contribution in [0.2, 0.25) is 5.02 Å². The molecule has 0 aromatic heterocycles. The lowest BCUT2D eigenvalue weighted by Gasteiger charge is -2.42. The lowest BCUT2D eigenvalue weighted by Crippen LogP contribution is -2.43. The van der Waals surface area contributed by atoms with Gasteiger partial charge in [-0.3, -0.25) is 4.79 Å². The molecule has 24 heavy (non-hydrogen) atoms. The molecule has 0 saturated heterocycles. The molecule has 1 saturated carbocycles. The first-order valence-electron chi connectivity index (χ1n) is 8.00. The molecule has 1 aliphatic rings. The highest BCUT2D eigenvalue weighted by Crippen LogP contribution is 2.43. The predicted octanol–water partition coefficient (Wildman–Crippen LogP) is 3.68. The molecule has 0 unspecified atom stereocenters. The van der Waals surface area contributed by atoms with Crippen molar-refractivity contribution in [1.29, 1.82) is 0 Å². The zero-order chi connectivity index (χ0) is 16.9. The number of rotatable bonds is 8. The van der Waals surface area contributed by atoms with Crippen LogP contribution in [0.15, 0.2) is 12.1 Å². The van der Waals surface area contributed by atoms with E-state index in [0.29, 0.717) is 28.6 Å². The Labute approximate surface area is 154 Å². The second-order valence-electron chi connectivity index (χ2n) is 6.06. The van der Waals surface area contributed by atoms with Gasteiger partial charge in [-0.25, -0.2) is 0 Å². The van der Waals surface area contributed by atoms with Gasteiger partial charge in [-0.05, 0) is 37.7 Å². The molecule has 0 spiro atoms. The van der Waals surface area contributed by atoms with Gasteiger partial charge in [0.05, 0.1) is 23.4 Å². The van der Waals surface area contributed by atoms with Gasteiger partial charge in [-0.2, -0.15) is 0 Å². The number of nitrogens with one attached hydrogen (secondary N) is 1. The summed E-state index contributed by atoms with van der Waals surface area (Å²) in [6.07, 6.45) is 4.43. The highest BCUT2D eigenvalue weighted by Gasteiger charge is 2.37. The normalized spacial score (nSPS) is 15.1. The van der Waals surface area contributed by atoms with E-state index in [2.05, 4.69) is 5.32 Å². The molecule has 1 aromatic carbocycles. The van der Waals surface area contributed by atoms with Crippen LogP contribution in [-0.2, 0) is 4.74 Å². The van der Waals surface area contributed by atoms with Crippen LogP contribution >= 0.6 is 24.0 Å². The summed E-state index contributed by atoms with van der Waals surface area (Å²) in [7, 11) is 1.51. The summed E-state index contributed by atoms with van der Waals surface area (Å²) in [6, 6.07) is 3.13. The summed E-state index contributed by atoms with van der Waals surface area (Å²) in [4.78, 5) is 12.5. The first-order chi connectivity index (χ1) is 11.0. The monoisotopic (exact) mass is 376 g/mol. The maximum Gasteiger partial charge on any atom is 0.255 e. The first kappa shape index (κ1) is 20.9. The van der Waals surface area contributed by atoms with E-state index >= 15 is 0 Å². The third kappa shape index (κ3) is 4.91. The summed E-state index contributed by atoms with van der Waals surface area (Å²) in [5.74, 6) is 0.243. The smallest absolute Gasteiger partial charge is 0.255 e. The number of halogens is 2. The minimum absolute atomic E-state index is 0. The van der Waals surface area contributed by atoms with Crippen molar-refractivity contribution in [2.24, 2.45) is 5.41 Å². The molecule has 136 valence electrons. The van der Waals surface area contributed by atoms with E-state index in [-0.39, 0.29) is 23.7 Å². The topological polar surface area (TPSA) is 73.6 Å². The fraction of sp³-hybridized carbons (Fsp3) is 0.588. The van der Waals surface area contributed by atoms with E-state index in [9.17, 15) is 4.79 Å². The highest BCUT2D eigenvalue weighted by atomic mass is 35.5. The molecule has 1 amide bonds. The van der Waals surface area contributed by atoms with Crippen molar-refractivity contribution in [2.45, 2.75) is 32.6 Å². The van der Waals surface area contributed by atoms with E-state index in [1.807, 2.05) is 6.92 Å². The Morgan fingerprint density at radius 3 is 2.67 bits per heavy atom. The van der Waals surface area contributed by atoms with Gasteiger partial charge in [-0.1, -0.05) is 18.0 Å². The first-order valence-corrected chi connectivity index (χ1v) is 8.38. The van der Waals surface area contributed by atoms with Gasteiger partial charge in [-0.15, -0.1) is 12.4 Å². The minimum atomic E-state index is -0.188. The fourth-order valence-corrected chi connectivity index (χ4v) is 3.07. The molecule has 0 bridgehead atoms. The molecule has 0 radical (unpaired) electrons. The van der Waals surface area contributed by atoms with Crippen LogP contribution in [0, 0.1) is 5.41 Å². The zero-order valence-electron chi connectivity index (χ0n) is 14.2. The lowest BCUT2D eigenvalue weighted by molar-refractivity contribution is 0.0512. The summed E-state index contributed by atoms with van der Waals surface area (Å²) >= 11 is 6.02. The van der Waals surface area contributed by atoms with Crippen LogP contribution in [0.4, 0.5) is 5.69 Å². The number of amides is 1. The fourth-order valence-electron chi connectivity index (χ4n) is 2.90. The molecule has 7 heteroatoms. The maximum atomic E-state index is 12.5. The van der Waals surface area contributed by atoms with Crippen molar-refractivity contribution in [1.82, 2.24) is 5.32 Å². The molecular formula is C17H26Cl2N2O3. The number of carbonyl (C=O) groups excluding carboxylic acids is 1. The van der Waals surface area contributed by atoms with Crippen molar-refractivity contribution in [3.8, 4) is 5.75 Å². The Morgan fingerprint density at radius 1 is 1.42 bits per heavy atom. The quantitative estimate of drug-likeness (QED) is 0.535. The second-order valence-corrected chi connectivity index (χ2v) is 6.46. The second kappa shape index (κ2) is 9.35. The van der Waals surface area contributed by atoms with E-state index in [1.54, 1.807) is 12.1 Å². The average molecular weight is 377 g/mol. The van der Waals surface area contributed by atoms with E-state index < -0.39 is 0 Å². The summed E-state index contributed by atoms with van der Waals surface area (Å²) in [5.41, 5.74) is 6.72. The molecule has 2 rings (SSSR count). The standard InChI is InChI=1S/C17H25ClN2O3.ClH/c1-3-23-8-7-17(5-4-6-17)11-20-16(21)12-9-13(18)14(19)10-15(12)22-2;/h9-10H,3-8,11,19H2,1-2H3,(H,20,21);1H. The van der Waals surface area contributed by atoms with Gasteiger partial charge in [0.1, 0.15) is 5.75 Å². The van der Waals surface area contributed by atoms with E-state index in [1.165, 1.54) is 13.5 Å². The van der Waals surface area contributed by atoms with Gasteiger partial charge in [0, 0.05) is 25.8 Å². The van der Waals surface area contributed by atoms with Crippen molar-refractivity contribution >= 4 is 35.6 Å². The van der Waals surface area contributed by atoms with Crippen LogP contribution in [0.5, 0.6) is 5.75 Å². The summed E-state index contributed by atoms with van der Waals surface area (Å²) in [5, 5.41) is 3.37. The Hall–Kier alpha value is -1.17. The largest absolute Gasteiger partial charge is 0.496 e.